The lowest BCUT2D eigenvalue weighted by molar-refractivity contribution is -0.0427. The van der Waals surface area contributed by atoms with Crippen LogP contribution in [0.1, 0.15) is 52.4 Å². The van der Waals surface area contributed by atoms with Crippen molar-refractivity contribution in [3.8, 4) is 0 Å². The van der Waals surface area contributed by atoms with Gasteiger partial charge in [0, 0.05) is 76.6 Å². The fraction of sp³-hybridized carbons (Fsp3) is 1.00. The average molecular weight is 395 g/mol. The molecule has 0 aromatic heterocycles. The standard InChI is InChI=1S/C22H42N4O2/c1-15-11-25(19-7-21(8-19)27-3)13-17(23-15)5-6-18-14-26(12-16(2)24-18)20-9-22(10-20)28-4/h15-24H,5-14H2,1-4H3/t15-,16+,17-,18+,19-,20-,21-,22-. The molecule has 0 spiro atoms. The summed E-state index contributed by atoms with van der Waals surface area (Å²) in [6, 6.07) is 3.92. The van der Waals surface area contributed by atoms with Crippen molar-refractivity contribution < 1.29 is 9.47 Å². The highest BCUT2D eigenvalue weighted by molar-refractivity contribution is 4.96. The number of ether oxygens (including phenoxy) is 2. The van der Waals surface area contributed by atoms with Gasteiger partial charge >= 0.3 is 0 Å². The van der Waals surface area contributed by atoms with Crippen LogP contribution >= 0.6 is 0 Å². The van der Waals surface area contributed by atoms with Gasteiger partial charge in [0.05, 0.1) is 12.2 Å². The van der Waals surface area contributed by atoms with Crippen molar-refractivity contribution in [2.24, 2.45) is 0 Å². The van der Waals surface area contributed by atoms with Gasteiger partial charge in [0.25, 0.3) is 0 Å². The van der Waals surface area contributed by atoms with Crippen molar-refractivity contribution in [2.75, 3.05) is 40.4 Å². The molecule has 0 aromatic carbocycles. The molecule has 28 heavy (non-hydrogen) atoms. The predicted octanol–water partition coefficient (Wildman–Crippen LogP) is 1.45. The number of piperazine rings is 2. The van der Waals surface area contributed by atoms with Crippen LogP contribution in [0.25, 0.3) is 0 Å². The monoisotopic (exact) mass is 394 g/mol. The quantitative estimate of drug-likeness (QED) is 0.682. The molecule has 162 valence electrons. The first-order chi connectivity index (χ1) is 13.5. The third-order valence-electron chi connectivity index (χ3n) is 7.67. The molecule has 4 rings (SSSR count). The van der Waals surface area contributed by atoms with Gasteiger partial charge in [-0.2, -0.15) is 0 Å². The maximum absolute atomic E-state index is 5.49. The molecule has 2 N–H and O–H groups in total. The molecule has 4 aliphatic rings. The van der Waals surface area contributed by atoms with Gasteiger partial charge in [-0.3, -0.25) is 9.80 Å². The number of hydrogen-bond donors (Lipinski definition) is 2. The van der Waals surface area contributed by atoms with E-state index in [4.69, 9.17) is 9.47 Å². The van der Waals surface area contributed by atoms with E-state index >= 15 is 0 Å². The molecule has 2 saturated heterocycles. The number of rotatable bonds is 7. The van der Waals surface area contributed by atoms with E-state index < -0.39 is 0 Å². The summed E-state index contributed by atoms with van der Waals surface area (Å²) in [6.45, 7) is 9.47. The molecule has 0 aromatic rings. The first kappa shape index (κ1) is 21.0. The Balaban J connectivity index is 1.23. The summed E-state index contributed by atoms with van der Waals surface area (Å²) in [6.07, 6.45) is 8.41. The Hall–Kier alpha value is -0.240. The highest BCUT2D eigenvalue weighted by Gasteiger charge is 2.39. The smallest absolute Gasteiger partial charge is 0.0601 e. The summed E-state index contributed by atoms with van der Waals surface area (Å²) in [5.74, 6) is 0. The maximum Gasteiger partial charge on any atom is 0.0601 e. The largest absolute Gasteiger partial charge is 0.381 e. The van der Waals surface area contributed by atoms with Crippen LogP contribution < -0.4 is 10.6 Å². The van der Waals surface area contributed by atoms with Gasteiger partial charge in [-0.1, -0.05) is 0 Å². The van der Waals surface area contributed by atoms with Gasteiger partial charge in [-0.05, 0) is 52.4 Å². The van der Waals surface area contributed by atoms with Gasteiger partial charge in [0.2, 0.25) is 0 Å². The molecule has 4 atom stereocenters. The normalized spacial score (nSPS) is 45.4. The van der Waals surface area contributed by atoms with E-state index in [0.717, 1.165) is 12.1 Å². The van der Waals surface area contributed by atoms with E-state index in [0.29, 0.717) is 36.4 Å². The van der Waals surface area contributed by atoms with Crippen LogP contribution in [0.4, 0.5) is 0 Å². The highest BCUT2D eigenvalue weighted by atomic mass is 16.5. The fourth-order valence-corrected chi connectivity index (χ4v) is 5.84. The number of hydrogen-bond acceptors (Lipinski definition) is 6. The molecule has 4 fully saturated rings. The Bertz CT molecular complexity index is 451. The van der Waals surface area contributed by atoms with E-state index in [2.05, 4.69) is 34.3 Å². The van der Waals surface area contributed by atoms with Gasteiger partial charge in [-0.25, -0.2) is 0 Å². The minimum atomic E-state index is 0.497. The van der Waals surface area contributed by atoms with E-state index in [1.165, 1.54) is 64.7 Å². The second-order valence-electron chi connectivity index (χ2n) is 9.98. The van der Waals surface area contributed by atoms with Crippen LogP contribution in [0.5, 0.6) is 0 Å². The molecule has 2 saturated carbocycles. The summed E-state index contributed by atoms with van der Waals surface area (Å²) >= 11 is 0. The second-order valence-corrected chi connectivity index (χ2v) is 9.98. The Morgan fingerprint density at radius 3 is 1.43 bits per heavy atom. The average Bonchev–Trinajstić information content (AvgIpc) is 2.57. The molecular weight excluding hydrogens is 352 g/mol. The molecule has 6 heteroatoms. The third-order valence-corrected chi connectivity index (χ3v) is 7.67. The summed E-state index contributed by atoms with van der Waals surface area (Å²) in [5.41, 5.74) is 0. The third kappa shape index (κ3) is 4.90. The van der Waals surface area contributed by atoms with E-state index in [1.807, 2.05) is 14.2 Å². The van der Waals surface area contributed by atoms with Crippen LogP contribution in [0, 0.1) is 0 Å². The molecule has 0 unspecified atom stereocenters. The minimum Gasteiger partial charge on any atom is -0.381 e. The first-order valence-electron chi connectivity index (χ1n) is 11.6. The van der Waals surface area contributed by atoms with Crippen molar-refractivity contribution >= 4 is 0 Å². The van der Waals surface area contributed by atoms with Crippen molar-refractivity contribution in [3.05, 3.63) is 0 Å². The lowest BCUT2D eigenvalue weighted by atomic mass is 9.85. The molecule has 2 heterocycles. The van der Waals surface area contributed by atoms with Gasteiger partial charge in [-0.15, -0.1) is 0 Å². The molecule has 2 aliphatic carbocycles. The predicted molar refractivity (Wildman–Crippen MR) is 113 cm³/mol. The maximum atomic E-state index is 5.49. The van der Waals surface area contributed by atoms with Crippen molar-refractivity contribution in [1.82, 2.24) is 20.4 Å². The molecule has 0 radical (unpaired) electrons. The summed E-state index contributed by atoms with van der Waals surface area (Å²) < 4.78 is 11.0. The SMILES string of the molecule is CO[C@H]1C[C@H](N2C[C@@H](CC[C@H]3CN([C@H]4C[C@H](OC)C4)C[C@H](C)N3)N[C@H](C)C2)C1. The van der Waals surface area contributed by atoms with E-state index in [9.17, 15) is 0 Å². The lowest BCUT2D eigenvalue weighted by Crippen LogP contribution is -2.62. The summed E-state index contributed by atoms with van der Waals surface area (Å²) in [4.78, 5) is 5.45. The van der Waals surface area contributed by atoms with Crippen molar-refractivity contribution in [1.29, 1.82) is 0 Å². The molecule has 2 aliphatic heterocycles. The van der Waals surface area contributed by atoms with Crippen LogP contribution in [-0.2, 0) is 9.47 Å². The topological polar surface area (TPSA) is 49.0 Å². The van der Waals surface area contributed by atoms with Crippen LogP contribution in [0.15, 0.2) is 0 Å². The Morgan fingerprint density at radius 1 is 0.679 bits per heavy atom. The number of nitrogens with one attached hydrogen (secondary N) is 2. The highest BCUT2D eigenvalue weighted by Crippen LogP contribution is 2.31. The zero-order valence-electron chi connectivity index (χ0n) is 18.4. The van der Waals surface area contributed by atoms with Gasteiger partial charge in [0.15, 0.2) is 0 Å². The number of nitrogens with zero attached hydrogens (tertiary/aromatic N) is 2. The van der Waals surface area contributed by atoms with Crippen LogP contribution in [0.3, 0.4) is 0 Å². The fourth-order valence-electron chi connectivity index (χ4n) is 5.84. The first-order valence-corrected chi connectivity index (χ1v) is 11.6. The van der Waals surface area contributed by atoms with Gasteiger partial charge in [0.1, 0.15) is 0 Å². The Labute approximate surface area is 171 Å². The Kier molecular flexibility index (Phi) is 6.96. The molecule has 0 amide bonds. The zero-order chi connectivity index (χ0) is 19.7. The molecule has 0 bridgehead atoms. The molecule has 6 nitrogen and oxygen atoms in total. The lowest BCUT2D eigenvalue weighted by Gasteiger charge is -2.49. The van der Waals surface area contributed by atoms with E-state index in [1.54, 1.807) is 0 Å². The Morgan fingerprint density at radius 2 is 1.07 bits per heavy atom. The number of methoxy groups -OCH3 is 2. The summed E-state index contributed by atoms with van der Waals surface area (Å²) in [5, 5.41) is 7.73. The van der Waals surface area contributed by atoms with E-state index in [-0.39, 0.29) is 0 Å². The summed E-state index contributed by atoms with van der Waals surface area (Å²) in [7, 11) is 3.70. The molecular formula is C22H42N4O2. The van der Waals surface area contributed by atoms with Gasteiger partial charge < -0.3 is 20.1 Å². The van der Waals surface area contributed by atoms with Crippen molar-refractivity contribution in [2.45, 2.75) is 101 Å². The minimum absolute atomic E-state index is 0.497. The zero-order valence-corrected chi connectivity index (χ0v) is 18.4. The van der Waals surface area contributed by atoms with Crippen LogP contribution in [0.2, 0.25) is 0 Å². The van der Waals surface area contributed by atoms with Crippen molar-refractivity contribution in [3.63, 3.8) is 0 Å². The van der Waals surface area contributed by atoms with Crippen LogP contribution in [-0.4, -0.2) is 98.7 Å². The second kappa shape index (κ2) is 9.27.